The zero-order valence-corrected chi connectivity index (χ0v) is 5.89. The minimum Gasteiger partial charge on any atom is -0.394 e. The van der Waals surface area contributed by atoms with E-state index in [0.29, 0.717) is 6.61 Å². The van der Waals surface area contributed by atoms with E-state index >= 15 is 0 Å². The van der Waals surface area contributed by atoms with Crippen LogP contribution in [0.15, 0.2) is 0 Å². The maximum atomic E-state index is 8.26. The lowest BCUT2D eigenvalue weighted by molar-refractivity contribution is 0.0172. The molecule has 0 amide bonds. The third-order valence-corrected chi connectivity index (χ3v) is 0.928. The number of hydroxylamine groups is 1. The molecule has 0 saturated carbocycles. The summed E-state index contributed by atoms with van der Waals surface area (Å²) >= 11 is 0. The van der Waals surface area contributed by atoms with Crippen molar-refractivity contribution in [2.45, 2.75) is 19.8 Å². The Labute approximate surface area is 56.0 Å². The Balaban J connectivity index is 2.60. The van der Waals surface area contributed by atoms with Gasteiger partial charge < -0.3 is 5.11 Å². The zero-order valence-electron chi connectivity index (χ0n) is 5.89. The van der Waals surface area contributed by atoms with Crippen LogP contribution in [0.5, 0.6) is 0 Å². The molecule has 9 heavy (non-hydrogen) atoms. The third-order valence-electron chi connectivity index (χ3n) is 0.928. The van der Waals surface area contributed by atoms with Gasteiger partial charge in [-0.1, -0.05) is 13.3 Å². The monoisotopic (exact) mass is 133 g/mol. The van der Waals surface area contributed by atoms with Crippen molar-refractivity contribution in [1.82, 2.24) is 5.48 Å². The first-order valence-corrected chi connectivity index (χ1v) is 3.37. The van der Waals surface area contributed by atoms with Crippen molar-refractivity contribution in [2.75, 3.05) is 19.8 Å². The summed E-state index contributed by atoms with van der Waals surface area (Å²) < 4.78 is 0. The minimum atomic E-state index is 0.0825. The quantitative estimate of drug-likeness (QED) is 0.404. The third kappa shape index (κ3) is 7.88. The lowest BCUT2D eigenvalue weighted by Gasteiger charge is -2.01. The number of unbranched alkanes of at least 4 members (excludes halogenated alkanes) is 1. The van der Waals surface area contributed by atoms with Gasteiger partial charge in [0.1, 0.15) is 0 Å². The molecular formula is C6H15NO2. The molecule has 0 rings (SSSR count). The molecule has 0 saturated heterocycles. The molecule has 0 aliphatic heterocycles. The second kappa shape index (κ2) is 7.88. The van der Waals surface area contributed by atoms with Gasteiger partial charge in [0.2, 0.25) is 0 Å². The maximum Gasteiger partial charge on any atom is 0.0913 e. The smallest absolute Gasteiger partial charge is 0.0913 e. The van der Waals surface area contributed by atoms with E-state index in [1.54, 1.807) is 0 Å². The Kier molecular flexibility index (Phi) is 7.77. The lowest BCUT2D eigenvalue weighted by atomic mass is 10.3. The first-order chi connectivity index (χ1) is 4.41. The van der Waals surface area contributed by atoms with Crippen molar-refractivity contribution in [3.05, 3.63) is 0 Å². The van der Waals surface area contributed by atoms with E-state index in [1.807, 2.05) is 0 Å². The Morgan fingerprint density at radius 2 is 2.33 bits per heavy atom. The molecule has 0 heterocycles. The molecule has 0 unspecified atom stereocenters. The molecule has 56 valence electrons. The fourth-order valence-electron chi connectivity index (χ4n) is 0.439. The van der Waals surface area contributed by atoms with Gasteiger partial charge in [-0.3, -0.25) is 4.84 Å². The van der Waals surface area contributed by atoms with E-state index in [2.05, 4.69) is 12.4 Å². The molecule has 0 aromatic heterocycles. The fourth-order valence-corrected chi connectivity index (χ4v) is 0.439. The largest absolute Gasteiger partial charge is 0.394 e. The summed E-state index contributed by atoms with van der Waals surface area (Å²) in [7, 11) is 0. The topological polar surface area (TPSA) is 41.5 Å². The fraction of sp³-hybridized carbons (Fsp3) is 1.00. The van der Waals surface area contributed by atoms with Gasteiger partial charge in [-0.15, -0.1) is 0 Å². The van der Waals surface area contributed by atoms with Crippen LogP contribution in [-0.2, 0) is 4.84 Å². The van der Waals surface area contributed by atoms with Gasteiger partial charge in [0, 0.05) is 6.54 Å². The number of aliphatic hydroxyl groups excluding tert-OH is 1. The molecule has 0 bridgehead atoms. The van der Waals surface area contributed by atoms with Crippen molar-refractivity contribution in [3.63, 3.8) is 0 Å². The molecule has 0 radical (unpaired) electrons. The molecule has 0 aliphatic rings. The van der Waals surface area contributed by atoms with Crippen molar-refractivity contribution >= 4 is 0 Å². The molecular weight excluding hydrogens is 118 g/mol. The average Bonchev–Trinajstić information content (AvgIpc) is 1.89. The van der Waals surface area contributed by atoms with Gasteiger partial charge in [0.05, 0.1) is 13.2 Å². The molecule has 0 aromatic rings. The molecule has 0 aromatic carbocycles. The van der Waals surface area contributed by atoms with Crippen molar-refractivity contribution in [1.29, 1.82) is 0 Å². The normalized spacial score (nSPS) is 10.0. The summed E-state index contributed by atoms with van der Waals surface area (Å²) in [4.78, 5) is 4.78. The van der Waals surface area contributed by atoms with Crippen LogP contribution < -0.4 is 5.48 Å². The molecule has 3 nitrogen and oxygen atoms in total. The molecule has 3 heteroatoms. The van der Waals surface area contributed by atoms with Gasteiger partial charge >= 0.3 is 0 Å². The summed E-state index contributed by atoms with van der Waals surface area (Å²) in [5.74, 6) is 0. The summed E-state index contributed by atoms with van der Waals surface area (Å²) in [6.07, 6.45) is 2.28. The minimum absolute atomic E-state index is 0.0825. The molecule has 0 fully saturated rings. The SMILES string of the molecule is CCCCNOCCO. The van der Waals surface area contributed by atoms with Gasteiger partial charge in [0.15, 0.2) is 0 Å². The highest BCUT2D eigenvalue weighted by Crippen LogP contribution is 1.81. The summed E-state index contributed by atoms with van der Waals surface area (Å²) in [5, 5.41) is 8.26. The van der Waals surface area contributed by atoms with Gasteiger partial charge in [-0.2, -0.15) is 0 Å². The predicted molar refractivity (Wildman–Crippen MR) is 35.9 cm³/mol. The average molecular weight is 133 g/mol. The highest BCUT2D eigenvalue weighted by Gasteiger charge is 1.83. The molecule has 0 aliphatic carbocycles. The van der Waals surface area contributed by atoms with Crippen molar-refractivity contribution in [3.8, 4) is 0 Å². The second-order valence-electron chi connectivity index (χ2n) is 1.82. The van der Waals surface area contributed by atoms with Crippen LogP contribution in [0.3, 0.4) is 0 Å². The van der Waals surface area contributed by atoms with Crippen LogP contribution in [0.1, 0.15) is 19.8 Å². The Morgan fingerprint density at radius 3 is 2.89 bits per heavy atom. The van der Waals surface area contributed by atoms with E-state index in [9.17, 15) is 0 Å². The van der Waals surface area contributed by atoms with Gasteiger partial charge in [0.25, 0.3) is 0 Å². The highest BCUT2D eigenvalue weighted by atomic mass is 16.6. The van der Waals surface area contributed by atoms with Gasteiger partial charge in [-0.25, -0.2) is 5.48 Å². The van der Waals surface area contributed by atoms with Gasteiger partial charge in [-0.05, 0) is 6.42 Å². The van der Waals surface area contributed by atoms with Crippen LogP contribution in [-0.4, -0.2) is 24.9 Å². The van der Waals surface area contributed by atoms with E-state index in [0.717, 1.165) is 19.4 Å². The van der Waals surface area contributed by atoms with Crippen LogP contribution in [0, 0.1) is 0 Å². The molecule has 0 atom stereocenters. The maximum absolute atomic E-state index is 8.26. The standard InChI is InChI=1S/C6H15NO2/c1-2-3-4-7-9-6-5-8/h7-8H,2-6H2,1H3. The Bertz CT molecular complexity index is 44.3. The van der Waals surface area contributed by atoms with Crippen LogP contribution in [0.25, 0.3) is 0 Å². The lowest BCUT2D eigenvalue weighted by Crippen LogP contribution is -2.17. The van der Waals surface area contributed by atoms with E-state index in [-0.39, 0.29) is 6.61 Å². The van der Waals surface area contributed by atoms with Crippen LogP contribution >= 0.6 is 0 Å². The Morgan fingerprint density at radius 1 is 1.56 bits per heavy atom. The number of nitrogens with one attached hydrogen (secondary N) is 1. The van der Waals surface area contributed by atoms with Crippen LogP contribution in [0.4, 0.5) is 0 Å². The number of aliphatic hydroxyl groups is 1. The first kappa shape index (κ1) is 8.88. The summed E-state index contributed by atoms with van der Waals surface area (Å²) in [6, 6.07) is 0. The predicted octanol–water partition coefficient (Wildman–Crippen LogP) is 0.300. The van der Waals surface area contributed by atoms with E-state index in [4.69, 9.17) is 9.94 Å². The zero-order chi connectivity index (χ0) is 6.95. The summed E-state index contributed by atoms with van der Waals surface area (Å²) in [5.41, 5.74) is 2.73. The second-order valence-corrected chi connectivity index (χ2v) is 1.82. The number of hydrogen-bond acceptors (Lipinski definition) is 3. The van der Waals surface area contributed by atoms with Crippen LogP contribution in [0.2, 0.25) is 0 Å². The van der Waals surface area contributed by atoms with Crippen molar-refractivity contribution in [2.24, 2.45) is 0 Å². The van der Waals surface area contributed by atoms with Crippen molar-refractivity contribution < 1.29 is 9.94 Å². The Hall–Kier alpha value is -0.120. The van der Waals surface area contributed by atoms with E-state index in [1.165, 1.54) is 0 Å². The first-order valence-electron chi connectivity index (χ1n) is 3.37. The molecule has 2 N–H and O–H groups in total. The number of rotatable bonds is 6. The van der Waals surface area contributed by atoms with E-state index < -0.39 is 0 Å². The number of hydrogen-bond donors (Lipinski definition) is 2. The molecule has 0 spiro atoms. The highest BCUT2D eigenvalue weighted by molar-refractivity contribution is 4.33. The summed E-state index contributed by atoms with van der Waals surface area (Å²) in [6.45, 7) is 3.45.